The fourth-order valence-corrected chi connectivity index (χ4v) is 3.69. The minimum Gasteiger partial charge on any atom is -0.357 e. The van der Waals surface area contributed by atoms with Crippen LogP contribution in [0.5, 0.6) is 0 Å². The Bertz CT molecular complexity index is 529. The highest BCUT2D eigenvalue weighted by Gasteiger charge is 2.19. The summed E-state index contributed by atoms with van der Waals surface area (Å²) in [5, 5.41) is 8.05. The molecule has 1 aliphatic rings. The Morgan fingerprint density at radius 3 is 2.74 bits per heavy atom. The van der Waals surface area contributed by atoms with Crippen LogP contribution in [0.25, 0.3) is 0 Å². The van der Waals surface area contributed by atoms with E-state index in [1.165, 1.54) is 4.88 Å². The van der Waals surface area contributed by atoms with E-state index in [0.29, 0.717) is 12.6 Å². The number of hydrogen-bond donors (Lipinski definition) is 2. The van der Waals surface area contributed by atoms with Gasteiger partial charge in [0.2, 0.25) is 0 Å². The summed E-state index contributed by atoms with van der Waals surface area (Å²) in [5.74, 6) is 0.917. The summed E-state index contributed by atoms with van der Waals surface area (Å²) in [6, 6.07) is 0.498. The summed E-state index contributed by atoms with van der Waals surface area (Å²) in [6.07, 6.45) is 4.28. The van der Waals surface area contributed by atoms with Crippen LogP contribution in [-0.4, -0.2) is 48.1 Å². The Morgan fingerprint density at radius 1 is 1.43 bits per heavy atom. The van der Waals surface area contributed by atoms with Crippen LogP contribution in [-0.2, 0) is 6.54 Å². The van der Waals surface area contributed by atoms with E-state index in [1.54, 1.807) is 11.3 Å². The van der Waals surface area contributed by atoms with Gasteiger partial charge in [-0.2, -0.15) is 0 Å². The molecule has 0 unspecified atom stereocenters. The predicted octanol–water partition coefficient (Wildman–Crippen LogP) is 2.47. The molecule has 0 bridgehead atoms. The molecular formula is C17H29N5S. The number of rotatable bonds is 6. The highest BCUT2D eigenvalue weighted by molar-refractivity contribution is 7.11. The van der Waals surface area contributed by atoms with Gasteiger partial charge < -0.3 is 10.6 Å². The molecule has 1 fully saturated rings. The molecule has 1 aromatic rings. The van der Waals surface area contributed by atoms with Gasteiger partial charge in [-0.15, -0.1) is 17.9 Å². The van der Waals surface area contributed by atoms with Gasteiger partial charge in [0, 0.05) is 37.1 Å². The number of aromatic nitrogens is 1. The van der Waals surface area contributed by atoms with Crippen molar-refractivity contribution in [1.82, 2.24) is 20.5 Å². The van der Waals surface area contributed by atoms with Crippen LogP contribution in [0.3, 0.4) is 0 Å². The van der Waals surface area contributed by atoms with E-state index < -0.39 is 0 Å². The van der Waals surface area contributed by atoms with Crippen molar-refractivity contribution in [2.45, 2.75) is 46.2 Å². The normalized spacial score (nSPS) is 17.3. The van der Waals surface area contributed by atoms with Gasteiger partial charge in [0.1, 0.15) is 0 Å². The molecule has 0 saturated carbocycles. The standard InChI is InChI=1S/C17H29N5S/c1-5-9-22-10-7-15(8-11-22)21-17(18-6-2)19-12-16-13(3)20-14(4)23-16/h5,15H,1,6-12H2,2-4H3,(H2,18,19,21). The molecule has 2 heterocycles. The van der Waals surface area contributed by atoms with Crippen molar-refractivity contribution in [2.24, 2.45) is 4.99 Å². The van der Waals surface area contributed by atoms with Crippen molar-refractivity contribution in [3.05, 3.63) is 28.2 Å². The Kier molecular flexibility index (Phi) is 7.05. The molecule has 1 saturated heterocycles. The fraction of sp³-hybridized carbons (Fsp3) is 0.647. The second-order valence-corrected chi connectivity index (χ2v) is 7.23. The van der Waals surface area contributed by atoms with Crippen molar-refractivity contribution in [3.63, 3.8) is 0 Å². The molecule has 0 aliphatic carbocycles. The zero-order valence-electron chi connectivity index (χ0n) is 14.6. The van der Waals surface area contributed by atoms with Crippen LogP contribution < -0.4 is 10.6 Å². The molecule has 0 atom stereocenters. The van der Waals surface area contributed by atoms with E-state index >= 15 is 0 Å². The lowest BCUT2D eigenvalue weighted by Gasteiger charge is -2.32. The maximum absolute atomic E-state index is 4.74. The molecule has 0 amide bonds. The molecule has 2 rings (SSSR count). The SMILES string of the molecule is C=CCN1CCC(NC(=NCc2sc(C)nc2C)NCC)CC1. The molecule has 128 valence electrons. The second kappa shape index (κ2) is 9.03. The van der Waals surface area contributed by atoms with Gasteiger partial charge >= 0.3 is 0 Å². The number of aryl methyl sites for hydroxylation is 2. The second-order valence-electron chi connectivity index (χ2n) is 5.94. The lowest BCUT2D eigenvalue weighted by molar-refractivity contribution is 0.225. The largest absolute Gasteiger partial charge is 0.357 e. The van der Waals surface area contributed by atoms with Gasteiger partial charge in [-0.25, -0.2) is 9.98 Å². The van der Waals surface area contributed by atoms with Crippen molar-refractivity contribution < 1.29 is 0 Å². The number of aliphatic imine (C=N–C) groups is 1. The maximum atomic E-state index is 4.74. The molecule has 6 heteroatoms. The smallest absolute Gasteiger partial charge is 0.191 e. The summed E-state index contributed by atoms with van der Waals surface area (Å²) >= 11 is 1.74. The summed E-state index contributed by atoms with van der Waals surface area (Å²) in [7, 11) is 0. The summed E-state index contributed by atoms with van der Waals surface area (Å²) in [5.41, 5.74) is 1.10. The molecule has 0 radical (unpaired) electrons. The van der Waals surface area contributed by atoms with E-state index in [0.717, 1.165) is 55.7 Å². The van der Waals surface area contributed by atoms with Crippen LogP contribution in [0.15, 0.2) is 17.6 Å². The highest BCUT2D eigenvalue weighted by Crippen LogP contribution is 2.18. The average Bonchev–Trinajstić information content (AvgIpc) is 2.85. The average molecular weight is 336 g/mol. The van der Waals surface area contributed by atoms with E-state index in [2.05, 4.69) is 40.9 Å². The zero-order chi connectivity index (χ0) is 16.7. The van der Waals surface area contributed by atoms with Crippen LogP contribution in [0.1, 0.15) is 35.3 Å². The van der Waals surface area contributed by atoms with Crippen LogP contribution in [0.2, 0.25) is 0 Å². The van der Waals surface area contributed by atoms with E-state index in [4.69, 9.17) is 4.99 Å². The van der Waals surface area contributed by atoms with Crippen molar-refractivity contribution in [2.75, 3.05) is 26.2 Å². The zero-order valence-corrected chi connectivity index (χ0v) is 15.4. The Balaban J connectivity index is 1.89. The fourth-order valence-electron chi connectivity index (χ4n) is 2.83. The number of nitrogens with one attached hydrogen (secondary N) is 2. The van der Waals surface area contributed by atoms with Crippen LogP contribution >= 0.6 is 11.3 Å². The number of likely N-dealkylation sites (tertiary alicyclic amines) is 1. The minimum absolute atomic E-state index is 0.498. The third-order valence-corrected chi connectivity index (χ3v) is 5.10. The Hall–Kier alpha value is -1.40. The topological polar surface area (TPSA) is 52.5 Å². The first-order valence-corrected chi connectivity index (χ1v) is 9.25. The molecule has 1 aromatic heterocycles. The summed E-state index contributed by atoms with van der Waals surface area (Å²) in [6.45, 7) is 14.8. The quantitative estimate of drug-likeness (QED) is 0.476. The van der Waals surface area contributed by atoms with E-state index in [-0.39, 0.29) is 0 Å². The molecule has 1 aliphatic heterocycles. The van der Waals surface area contributed by atoms with Gasteiger partial charge in [0.25, 0.3) is 0 Å². The predicted molar refractivity (Wildman–Crippen MR) is 99.2 cm³/mol. The molecule has 0 spiro atoms. The summed E-state index contributed by atoms with van der Waals surface area (Å²) in [4.78, 5) is 12.9. The molecule has 2 N–H and O–H groups in total. The summed E-state index contributed by atoms with van der Waals surface area (Å²) < 4.78 is 0. The highest BCUT2D eigenvalue weighted by atomic mass is 32.1. The van der Waals surface area contributed by atoms with Gasteiger partial charge in [-0.3, -0.25) is 4.90 Å². The molecule has 5 nitrogen and oxygen atoms in total. The van der Waals surface area contributed by atoms with Gasteiger partial charge in [-0.05, 0) is 33.6 Å². The molecule has 0 aromatic carbocycles. The van der Waals surface area contributed by atoms with E-state index in [9.17, 15) is 0 Å². The van der Waals surface area contributed by atoms with Gasteiger partial charge in [0.05, 0.1) is 17.2 Å². The Morgan fingerprint density at radius 2 is 2.17 bits per heavy atom. The first kappa shape index (κ1) is 17.9. The van der Waals surface area contributed by atoms with Crippen LogP contribution in [0, 0.1) is 13.8 Å². The van der Waals surface area contributed by atoms with Crippen molar-refractivity contribution in [3.8, 4) is 0 Å². The first-order chi connectivity index (χ1) is 11.1. The number of thiazole rings is 1. The number of nitrogens with zero attached hydrogens (tertiary/aromatic N) is 3. The lowest BCUT2D eigenvalue weighted by atomic mass is 10.1. The third-order valence-electron chi connectivity index (χ3n) is 4.04. The van der Waals surface area contributed by atoms with Crippen molar-refractivity contribution in [1.29, 1.82) is 0 Å². The lowest BCUT2D eigenvalue weighted by Crippen LogP contribution is -2.48. The van der Waals surface area contributed by atoms with Crippen molar-refractivity contribution >= 4 is 17.3 Å². The molecular weight excluding hydrogens is 306 g/mol. The monoisotopic (exact) mass is 335 g/mol. The Labute approximate surface area is 143 Å². The van der Waals surface area contributed by atoms with Gasteiger partial charge in [-0.1, -0.05) is 6.08 Å². The van der Waals surface area contributed by atoms with Gasteiger partial charge in [0.15, 0.2) is 5.96 Å². The number of guanidine groups is 1. The molecule has 23 heavy (non-hydrogen) atoms. The van der Waals surface area contributed by atoms with E-state index in [1.807, 2.05) is 13.0 Å². The third kappa shape index (κ3) is 5.62. The number of piperidine rings is 1. The van der Waals surface area contributed by atoms with Crippen LogP contribution in [0.4, 0.5) is 0 Å². The minimum atomic E-state index is 0.498. The number of hydrogen-bond acceptors (Lipinski definition) is 4. The maximum Gasteiger partial charge on any atom is 0.191 e. The first-order valence-electron chi connectivity index (χ1n) is 8.43.